The van der Waals surface area contributed by atoms with Crippen LogP contribution in [0.25, 0.3) is 0 Å². The van der Waals surface area contributed by atoms with E-state index < -0.39 is 11.8 Å². The van der Waals surface area contributed by atoms with Crippen LogP contribution in [0, 0.1) is 0 Å². The third-order valence-corrected chi connectivity index (χ3v) is 4.28. The van der Waals surface area contributed by atoms with Gasteiger partial charge in [0.2, 0.25) is 5.91 Å². The topological polar surface area (TPSA) is 96.5 Å². The molecule has 0 aliphatic heterocycles. The summed E-state index contributed by atoms with van der Waals surface area (Å²) in [5.41, 5.74) is 6.94. The molecular weight excluding hydrogens is 382 g/mol. The van der Waals surface area contributed by atoms with Crippen molar-refractivity contribution in [3.05, 3.63) is 95.6 Å². The number of benzene rings is 3. The summed E-state index contributed by atoms with van der Waals surface area (Å²) >= 11 is 0. The largest absolute Gasteiger partial charge is 0.497 e. The van der Waals surface area contributed by atoms with Crippen molar-refractivity contribution in [1.29, 1.82) is 0 Å². The van der Waals surface area contributed by atoms with E-state index in [0.29, 0.717) is 16.8 Å². The Morgan fingerprint density at radius 1 is 0.733 bits per heavy atom. The van der Waals surface area contributed by atoms with Crippen molar-refractivity contribution in [2.45, 2.75) is 6.42 Å². The van der Waals surface area contributed by atoms with Crippen LogP contribution in [0.5, 0.6) is 5.75 Å². The molecule has 7 nitrogen and oxygen atoms in total. The van der Waals surface area contributed by atoms with Crippen LogP contribution in [0.2, 0.25) is 0 Å². The highest BCUT2D eigenvalue weighted by molar-refractivity contribution is 5.99. The molecule has 0 unspecified atom stereocenters. The minimum atomic E-state index is -0.463. The van der Waals surface area contributed by atoms with E-state index in [2.05, 4.69) is 16.2 Å². The average Bonchev–Trinajstić information content (AvgIpc) is 2.78. The maximum Gasteiger partial charge on any atom is 0.269 e. The van der Waals surface area contributed by atoms with E-state index in [0.717, 1.165) is 11.3 Å². The van der Waals surface area contributed by atoms with E-state index in [-0.39, 0.29) is 12.3 Å². The van der Waals surface area contributed by atoms with Crippen molar-refractivity contribution in [3.63, 3.8) is 0 Å². The number of amides is 3. The first-order valence-electron chi connectivity index (χ1n) is 9.24. The number of nitrogens with one attached hydrogen (secondary N) is 3. The molecule has 30 heavy (non-hydrogen) atoms. The van der Waals surface area contributed by atoms with Crippen LogP contribution in [0.15, 0.2) is 78.9 Å². The van der Waals surface area contributed by atoms with Gasteiger partial charge in [0, 0.05) is 16.8 Å². The van der Waals surface area contributed by atoms with E-state index in [4.69, 9.17) is 4.74 Å². The second-order valence-electron chi connectivity index (χ2n) is 6.42. The van der Waals surface area contributed by atoms with Crippen molar-refractivity contribution in [2.75, 3.05) is 12.4 Å². The number of carbonyl (C=O) groups excluding carboxylic acids is 3. The first-order chi connectivity index (χ1) is 14.5. The summed E-state index contributed by atoms with van der Waals surface area (Å²) in [6.45, 7) is 0. The summed E-state index contributed by atoms with van der Waals surface area (Å²) in [6, 6.07) is 22.2. The van der Waals surface area contributed by atoms with Gasteiger partial charge in [-0.3, -0.25) is 25.2 Å². The fraction of sp³-hybridized carbons (Fsp3) is 0.0870. The summed E-state index contributed by atoms with van der Waals surface area (Å²) in [6.07, 6.45) is 0.220. The highest BCUT2D eigenvalue weighted by Gasteiger charge is 2.10. The molecule has 0 saturated heterocycles. The number of rotatable bonds is 6. The van der Waals surface area contributed by atoms with Crippen LogP contribution in [-0.4, -0.2) is 24.8 Å². The first-order valence-corrected chi connectivity index (χ1v) is 9.24. The van der Waals surface area contributed by atoms with Gasteiger partial charge in [0.15, 0.2) is 0 Å². The Hall–Kier alpha value is -4.13. The molecule has 0 aromatic heterocycles. The van der Waals surface area contributed by atoms with Gasteiger partial charge in [-0.25, -0.2) is 0 Å². The molecule has 0 fully saturated rings. The van der Waals surface area contributed by atoms with Crippen molar-refractivity contribution in [1.82, 2.24) is 10.9 Å². The van der Waals surface area contributed by atoms with Crippen LogP contribution >= 0.6 is 0 Å². The molecule has 0 spiro atoms. The van der Waals surface area contributed by atoms with Gasteiger partial charge in [0.25, 0.3) is 11.8 Å². The monoisotopic (exact) mass is 403 g/mol. The molecule has 7 heteroatoms. The van der Waals surface area contributed by atoms with Gasteiger partial charge in [-0.15, -0.1) is 0 Å². The molecule has 0 radical (unpaired) electrons. The van der Waals surface area contributed by atoms with Gasteiger partial charge in [0.05, 0.1) is 13.5 Å². The second kappa shape index (κ2) is 9.88. The van der Waals surface area contributed by atoms with E-state index in [1.165, 1.54) is 0 Å². The molecule has 0 aliphatic carbocycles. The molecule has 3 rings (SSSR count). The standard InChI is InChI=1S/C23H21N3O4/c1-30-20-13-7-16(8-14-20)15-21(27)24-19-11-9-18(10-12-19)23(29)26-25-22(28)17-5-3-2-4-6-17/h2-14H,15H2,1H3,(H,24,27)(H,25,28)(H,26,29). The lowest BCUT2D eigenvalue weighted by atomic mass is 10.1. The van der Waals surface area contributed by atoms with Crippen LogP contribution < -0.4 is 20.9 Å². The molecule has 152 valence electrons. The predicted octanol–water partition coefficient (Wildman–Crippen LogP) is 2.95. The Bertz CT molecular complexity index is 1020. The fourth-order valence-electron chi connectivity index (χ4n) is 2.69. The number of methoxy groups -OCH3 is 1. The summed E-state index contributed by atoms with van der Waals surface area (Å²) < 4.78 is 5.10. The lowest BCUT2D eigenvalue weighted by Crippen LogP contribution is -2.41. The number of hydrazine groups is 1. The highest BCUT2D eigenvalue weighted by atomic mass is 16.5. The smallest absolute Gasteiger partial charge is 0.269 e. The molecule has 0 atom stereocenters. The third-order valence-electron chi connectivity index (χ3n) is 4.28. The molecule has 0 bridgehead atoms. The fourth-order valence-corrected chi connectivity index (χ4v) is 2.69. The number of ether oxygens (including phenoxy) is 1. The van der Waals surface area contributed by atoms with Gasteiger partial charge >= 0.3 is 0 Å². The van der Waals surface area contributed by atoms with Gasteiger partial charge in [-0.05, 0) is 54.1 Å². The SMILES string of the molecule is COc1ccc(CC(=O)Nc2ccc(C(=O)NNC(=O)c3ccccc3)cc2)cc1. The Kier molecular flexibility index (Phi) is 6.78. The lowest BCUT2D eigenvalue weighted by molar-refractivity contribution is -0.115. The summed E-state index contributed by atoms with van der Waals surface area (Å²) in [4.78, 5) is 36.3. The number of hydrogen-bond acceptors (Lipinski definition) is 4. The number of carbonyl (C=O) groups is 3. The average molecular weight is 403 g/mol. The van der Waals surface area contributed by atoms with Gasteiger partial charge in [-0.1, -0.05) is 30.3 Å². The predicted molar refractivity (Wildman–Crippen MR) is 113 cm³/mol. The minimum absolute atomic E-state index is 0.174. The molecule has 0 aliphatic rings. The lowest BCUT2D eigenvalue weighted by Gasteiger charge is -2.09. The van der Waals surface area contributed by atoms with Crippen LogP contribution in [0.4, 0.5) is 5.69 Å². The van der Waals surface area contributed by atoms with Gasteiger partial charge < -0.3 is 10.1 Å². The maximum absolute atomic E-state index is 12.2. The zero-order valence-corrected chi connectivity index (χ0v) is 16.3. The van der Waals surface area contributed by atoms with Gasteiger partial charge in [0.1, 0.15) is 5.75 Å². The zero-order chi connectivity index (χ0) is 21.3. The Morgan fingerprint density at radius 3 is 1.87 bits per heavy atom. The molecule has 3 aromatic carbocycles. The van der Waals surface area contributed by atoms with Crippen LogP contribution in [0.1, 0.15) is 26.3 Å². The molecule has 3 aromatic rings. The third kappa shape index (κ3) is 5.68. The van der Waals surface area contributed by atoms with Crippen molar-refractivity contribution in [3.8, 4) is 5.75 Å². The molecule has 0 saturated carbocycles. The Morgan fingerprint density at radius 2 is 1.30 bits per heavy atom. The second-order valence-corrected chi connectivity index (χ2v) is 6.42. The highest BCUT2D eigenvalue weighted by Crippen LogP contribution is 2.13. The number of anilines is 1. The van der Waals surface area contributed by atoms with E-state index >= 15 is 0 Å². The zero-order valence-electron chi connectivity index (χ0n) is 16.3. The van der Waals surface area contributed by atoms with E-state index in [1.807, 2.05) is 12.1 Å². The molecule has 0 heterocycles. The summed E-state index contributed by atoms with van der Waals surface area (Å²) in [5, 5.41) is 2.79. The van der Waals surface area contributed by atoms with E-state index in [9.17, 15) is 14.4 Å². The maximum atomic E-state index is 12.2. The normalized spacial score (nSPS) is 10.0. The molecule has 3 amide bonds. The first kappa shape index (κ1) is 20.6. The van der Waals surface area contributed by atoms with E-state index in [1.54, 1.807) is 73.8 Å². The number of hydrogen-bond donors (Lipinski definition) is 3. The Balaban J connectivity index is 1.50. The van der Waals surface area contributed by atoms with Crippen molar-refractivity contribution in [2.24, 2.45) is 0 Å². The van der Waals surface area contributed by atoms with Crippen molar-refractivity contribution < 1.29 is 19.1 Å². The van der Waals surface area contributed by atoms with Crippen LogP contribution in [-0.2, 0) is 11.2 Å². The van der Waals surface area contributed by atoms with Crippen molar-refractivity contribution >= 4 is 23.4 Å². The quantitative estimate of drug-likeness (QED) is 0.552. The minimum Gasteiger partial charge on any atom is -0.497 e. The summed E-state index contributed by atoms with van der Waals surface area (Å²) in [5.74, 6) is -0.317. The van der Waals surface area contributed by atoms with Gasteiger partial charge in [-0.2, -0.15) is 0 Å². The molecule has 3 N–H and O–H groups in total. The van der Waals surface area contributed by atoms with Crippen LogP contribution in [0.3, 0.4) is 0 Å². The molecular formula is C23H21N3O4. The summed E-state index contributed by atoms with van der Waals surface area (Å²) in [7, 11) is 1.59. The Labute approximate surface area is 174 Å².